The molecule has 5 aliphatic carbocycles. The summed E-state index contributed by atoms with van der Waals surface area (Å²) in [5.74, 6) is 0.740. The second-order valence-electron chi connectivity index (χ2n) is 14.8. The highest BCUT2D eigenvalue weighted by atomic mass is 16.4. The summed E-state index contributed by atoms with van der Waals surface area (Å²) in [5, 5.41) is 21.3. The third kappa shape index (κ3) is 2.75. The highest BCUT2D eigenvalue weighted by molar-refractivity contribution is 5.85. The third-order valence-electron chi connectivity index (χ3n) is 13.2. The molecule has 0 aromatic carbocycles. The van der Waals surface area contributed by atoms with Crippen LogP contribution in [0.2, 0.25) is 0 Å². The molecule has 0 aliphatic heterocycles. The first-order valence-electron chi connectivity index (χ1n) is 13.7. The molecule has 0 aromatic rings. The molecule has 4 heteroatoms. The number of aliphatic hydroxyl groups is 1. The lowest BCUT2D eigenvalue weighted by Crippen LogP contribution is -2.65. The number of aliphatic hydroxyl groups excluding tert-OH is 1. The number of carboxylic acid groups (broad SMARTS) is 1. The van der Waals surface area contributed by atoms with E-state index >= 15 is 0 Å². The van der Waals surface area contributed by atoms with Crippen LogP contribution in [0.15, 0.2) is 11.6 Å². The van der Waals surface area contributed by atoms with Crippen LogP contribution < -0.4 is 0 Å². The smallest absolute Gasteiger partial charge is 0.309 e. The summed E-state index contributed by atoms with van der Waals surface area (Å²) in [4.78, 5) is 25.2. The van der Waals surface area contributed by atoms with E-state index in [0.29, 0.717) is 36.9 Å². The number of carboxylic acids is 1. The molecule has 0 spiro atoms. The van der Waals surface area contributed by atoms with E-state index in [2.05, 4.69) is 47.6 Å². The van der Waals surface area contributed by atoms with Gasteiger partial charge in [0, 0.05) is 17.3 Å². The van der Waals surface area contributed by atoms with Gasteiger partial charge in [-0.05, 0) is 92.3 Å². The molecule has 0 heterocycles. The van der Waals surface area contributed by atoms with Crippen LogP contribution in [0.25, 0.3) is 0 Å². The van der Waals surface area contributed by atoms with Crippen molar-refractivity contribution in [2.75, 3.05) is 0 Å². The second-order valence-corrected chi connectivity index (χ2v) is 14.8. The van der Waals surface area contributed by atoms with Crippen molar-refractivity contribution in [1.82, 2.24) is 0 Å². The summed E-state index contributed by atoms with van der Waals surface area (Å²) in [7, 11) is 0. The number of ketones is 1. The topological polar surface area (TPSA) is 74.6 Å². The van der Waals surface area contributed by atoms with Gasteiger partial charge in [-0.1, -0.05) is 53.2 Å². The molecule has 0 unspecified atom stereocenters. The number of aliphatic carboxylic acids is 1. The number of hydrogen-bond donors (Lipinski definition) is 2. The van der Waals surface area contributed by atoms with Crippen LogP contribution in [0.4, 0.5) is 0 Å². The lowest BCUT2D eigenvalue weighted by molar-refractivity contribution is -0.193. The number of hydrogen-bond acceptors (Lipinski definition) is 3. The Bertz CT molecular complexity index is 965. The third-order valence-corrected chi connectivity index (χ3v) is 13.2. The van der Waals surface area contributed by atoms with Crippen LogP contribution in [0.1, 0.15) is 106 Å². The van der Waals surface area contributed by atoms with Gasteiger partial charge in [-0.25, -0.2) is 0 Å². The maximum atomic E-state index is 12.9. The maximum Gasteiger partial charge on any atom is 0.309 e. The van der Waals surface area contributed by atoms with E-state index in [0.717, 1.165) is 38.5 Å². The molecule has 0 radical (unpaired) electrons. The standard InChI is InChI=1S/C30H46O4/c1-25(2)20-10-13-30(7)21(28(20,5)12-11-22(25)31)9-8-18-19-16-26(3,24(33)34)17-23(32)27(19,4)14-15-29(18,30)6/h8,19-21,23,32H,9-17H2,1-7H3,(H,33,34)/t19-,20-,21+,23-,26-,27+,28-,29+,30+/m0/s1. The average Bonchev–Trinajstić information content (AvgIpc) is 2.73. The quantitative estimate of drug-likeness (QED) is 0.434. The zero-order chi connectivity index (χ0) is 25.1. The number of carbonyl (C=O) groups is 2. The van der Waals surface area contributed by atoms with E-state index < -0.39 is 17.5 Å². The Morgan fingerprint density at radius 3 is 2.24 bits per heavy atom. The zero-order valence-corrected chi connectivity index (χ0v) is 22.5. The summed E-state index contributed by atoms with van der Waals surface area (Å²) in [6, 6.07) is 0. The van der Waals surface area contributed by atoms with Crippen molar-refractivity contribution in [2.24, 2.45) is 50.2 Å². The first-order chi connectivity index (χ1) is 15.6. The Morgan fingerprint density at radius 2 is 1.59 bits per heavy atom. The molecule has 0 saturated heterocycles. The Morgan fingerprint density at radius 1 is 0.912 bits per heavy atom. The molecule has 34 heavy (non-hydrogen) atoms. The van der Waals surface area contributed by atoms with Crippen LogP contribution >= 0.6 is 0 Å². The van der Waals surface area contributed by atoms with Crippen LogP contribution in [-0.2, 0) is 9.59 Å². The summed E-state index contributed by atoms with van der Waals surface area (Å²) in [6.45, 7) is 15.9. The SMILES string of the molecule is CC1(C)C(=O)CC[C@]2(C)[C@H]3CC=C4[C@@H]5C[C@](C)(C(=O)O)C[C@H](O)[C@]5(C)CC[C@@]4(C)[C@]3(C)CC[C@@H]12. The van der Waals surface area contributed by atoms with Gasteiger partial charge in [-0.2, -0.15) is 0 Å². The average molecular weight is 471 g/mol. The highest BCUT2D eigenvalue weighted by Crippen LogP contribution is 2.75. The molecular weight excluding hydrogens is 424 g/mol. The van der Waals surface area contributed by atoms with Gasteiger partial charge >= 0.3 is 5.97 Å². The van der Waals surface area contributed by atoms with E-state index in [4.69, 9.17) is 0 Å². The molecule has 0 bridgehead atoms. The summed E-state index contributed by atoms with van der Waals surface area (Å²) < 4.78 is 0. The lowest BCUT2D eigenvalue weighted by atomic mass is 9.33. The molecule has 5 aliphatic rings. The molecule has 5 rings (SSSR count). The lowest BCUT2D eigenvalue weighted by Gasteiger charge is -2.71. The van der Waals surface area contributed by atoms with Crippen molar-refractivity contribution in [1.29, 1.82) is 0 Å². The van der Waals surface area contributed by atoms with Gasteiger partial charge in [0.05, 0.1) is 11.5 Å². The molecule has 2 N–H and O–H groups in total. The van der Waals surface area contributed by atoms with Gasteiger partial charge in [0.2, 0.25) is 0 Å². The predicted octanol–water partition coefficient (Wildman–Crippen LogP) is 6.41. The van der Waals surface area contributed by atoms with Crippen molar-refractivity contribution in [2.45, 2.75) is 112 Å². The second kappa shape index (κ2) is 6.99. The van der Waals surface area contributed by atoms with Crippen molar-refractivity contribution >= 4 is 11.8 Å². The van der Waals surface area contributed by atoms with Crippen LogP contribution in [0.3, 0.4) is 0 Å². The van der Waals surface area contributed by atoms with Gasteiger partial charge in [0.25, 0.3) is 0 Å². The van der Waals surface area contributed by atoms with Crippen LogP contribution in [0.5, 0.6) is 0 Å². The number of allylic oxidation sites excluding steroid dienone is 2. The predicted molar refractivity (Wildman–Crippen MR) is 133 cm³/mol. The Kier molecular flexibility index (Phi) is 5.04. The first-order valence-corrected chi connectivity index (χ1v) is 13.7. The minimum atomic E-state index is -0.877. The number of fused-ring (bicyclic) bond motifs is 7. The van der Waals surface area contributed by atoms with Crippen LogP contribution in [-0.4, -0.2) is 28.1 Å². The Balaban J connectivity index is 1.59. The molecular formula is C30H46O4. The summed E-state index contributed by atoms with van der Waals surface area (Å²) >= 11 is 0. The largest absolute Gasteiger partial charge is 0.481 e. The van der Waals surface area contributed by atoms with E-state index in [1.807, 2.05) is 6.92 Å². The molecule has 0 amide bonds. The fraction of sp³-hybridized carbons (Fsp3) is 0.867. The van der Waals surface area contributed by atoms with Crippen LogP contribution in [0, 0.1) is 50.2 Å². The number of Topliss-reactive ketones (excluding diaryl/α,β-unsaturated/α-hetero) is 1. The monoisotopic (exact) mass is 470 g/mol. The van der Waals surface area contributed by atoms with Gasteiger partial charge in [-0.3, -0.25) is 9.59 Å². The van der Waals surface area contributed by atoms with E-state index in [1.165, 1.54) is 5.57 Å². The van der Waals surface area contributed by atoms with E-state index in [1.54, 1.807) is 0 Å². The minimum absolute atomic E-state index is 0.0101. The summed E-state index contributed by atoms with van der Waals surface area (Å²) in [6.07, 6.45) is 9.84. The Labute approximate surface area is 206 Å². The highest BCUT2D eigenvalue weighted by Gasteiger charge is 2.69. The fourth-order valence-electron chi connectivity index (χ4n) is 10.5. The normalized spacial score (nSPS) is 54.1. The molecule has 4 fully saturated rings. The summed E-state index contributed by atoms with van der Waals surface area (Å²) in [5.41, 5.74) is 0.360. The van der Waals surface area contributed by atoms with Gasteiger partial charge in [-0.15, -0.1) is 0 Å². The van der Waals surface area contributed by atoms with Gasteiger partial charge in [0.1, 0.15) is 5.78 Å². The molecule has 190 valence electrons. The van der Waals surface area contributed by atoms with Gasteiger partial charge < -0.3 is 10.2 Å². The van der Waals surface area contributed by atoms with Crippen molar-refractivity contribution in [3.05, 3.63) is 11.6 Å². The van der Waals surface area contributed by atoms with Gasteiger partial charge in [0.15, 0.2) is 0 Å². The number of rotatable bonds is 1. The minimum Gasteiger partial charge on any atom is -0.481 e. The zero-order valence-electron chi connectivity index (χ0n) is 22.5. The van der Waals surface area contributed by atoms with Crippen molar-refractivity contribution < 1.29 is 19.8 Å². The van der Waals surface area contributed by atoms with Crippen molar-refractivity contribution in [3.8, 4) is 0 Å². The van der Waals surface area contributed by atoms with E-state index in [9.17, 15) is 19.8 Å². The molecule has 9 atom stereocenters. The molecule has 4 saturated carbocycles. The Hall–Kier alpha value is -1.16. The molecule has 4 nitrogen and oxygen atoms in total. The first kappa shape index (κ1) is 24.5. The maximum absolute atomic E-state index is 12.9. The molecule has 0 aromatic heterocycles. The number of carbonyl (C=O) groups excluding carboxylic acids is 1. The van der Waals surface area contributed by atoms with E-state index in [-0.39, 0.29) is 33.0 Å². The fourth-order valence-corrected chi connectivity index (χ4v) is 10.5. The van der Waals surface area contributed by atoms with Crippen molar-refractivity contribution in [3.63, 3.8) is 0 Å².